The average Bonchev–Trinajstić information content (AvgIpc) is 3.22. The Morgan fingerprint density at radius 3 is 1.24 bits per heavy atom. The van der Waals surface area contributed by atoms with Gasteiger partial charge in [-0.15, -0.1) is 0 Å². The van der Waals surface area contributed by atoms with Crippen LogP contribution in [0.25, 0.3) is 0 Å². The molecule has 344 valence electrons. The summed E-state index contributed by atoms with van der Waals surface area (Å²) in [5, 5.41) is 23.8. The Balaban J connectivity index is 4.51. The van der Waals surface area contributed by atoms with E-state index in [-0.39, 0.29) is 24.9 Å². The molecule has 58 heavy (non-hydrogen) atoms. The first kappa shape index (κ1) is 56.6. The topological polar surface area (TPSA) is 95.9 Å². The SMILES string of the molecule is CCCCCC/C=C\CCCCCCCC(CC(=O)NC(CO)C(O)CCCCCCCCCCCCCCCCC)OC(=O)CCCCCCCCCCCCC. The van der Waals surface area contributed by atoms with Crippen molar-refractivity contribution in [2.75, 3.05) is 6.61 Å². The summed E-state index contributed by atoms with van der Waals surface area (Å²) in [5.41, 5.74) is 0. The summed E-state index contributed by atoms with van der Waals surface area (Å²) in [5.74, 6) is -0.467. The Morgan fingerprint density at radius 1 is 0.483 bits per heavy atom. The van der Waals surface area contributed by atoms with Crippen molar-refractivity contribution in [2.24, 2.45) is 0 Å². The van der Waals surface area contributed by atoms with Gasteiger partial charge in [-0.05, 0) is 51.4 Å². The zero-order chi connectivity index (χ0) is 42.4. The highest BCUT2D eigenvalue weighted by Gasteiger charge is 2.24. The van der Waals surface area contributed by atoms with Crippen molar-refractivity contribution in [3.63, 3.8) is 0 Å². The maximum Gasteiger partial charge on any atom is 0.306 e. The molecule has 0 radical (unpaired) electrons. The van der Waals surface area contributed by atoms with E-state index in [1.165, 1.54) is 180 Å². The van der Waals surface area contributed by atoms with E-state index >= 15 is 0 Å². The summed E-state index contributed by atoms with van der Waals surface area (Å²) in [6.45, 7) is 6.48. The number of nitrogens with one attached hydrogen (secondary N) is 1. The van der Waals surface area contributed by atoms with Gasteiger partial charge < -0.3 is 20.3 Å². The first-order valence-electron chi connectivity index (χ1n) is 25.9. The number of hydrogen-bond donors (Lipinski definition) is 3. The predicted molar refractivity (Wildman–Crippen MR) is 250 cm³/mol. The molecule has 0 aliphatic carbocycles. The van der Waals surface area contributed by atoms with Crippen LogP contribution in [-0.4, -0.2) is 46.9 Å². The number of hydrogen-bond acceptors (Lipinski definition) is 5. The Morgan fingerprint density at radius 2 is 0.828 bits per heavy atom. The Kier molecular flexibility index (Phi) is 45.5. The van der Waals surface area contributed by atoms with Gasteiger partial charge in [0.1, 0.15) is 6.10 Å². The van der Waals surface area contributed by atoms with Crippen molar-refractivity contribution in [1.82, 2.24) is 5.32 Å². The van der Waals surface area contributed by atoms with E-state index in [0.29, 0.717) is 19.3 Å². The van der Waals surface area contributed by atoms with Crippen LogP contribution in [0.3, 0.4) is 0 Å². The lowest BCUT2D eigenvalue weighted by Gasteiger charge is -2.24. The van der Waals surface area contributed by atoms with E-state index < -0.39 is 18.2 Å². The van der Waals surface area contributed by atoms with Gasteiger partial charge in [-0.2, -0.15) is 0 Å². The van der Waals surface area contributed by atoms with Crippen LogP contribution in [0.1, 0.15) is 284 Å². The van der Waals surface area contributed by atoms with Crippen LogP contribution >= 0.6 is 0 Å². The lowest BCUT2D eigenvalue weighted by atomic mass is 10.0. The van der Waals surface area contributed by atoms with Gasteiger partial charge in [-0.1, -0.05) is 232 Å². The van der Waals surface area contributed by atoms with E-state index in [1.54, 1.807) is 0 Å². The van der Waals surface area contributed by atoms with Crippen LogP contribution < -0.4 is 5.32 Å². The number of unbranched alkanes of at least 4 members (excludes halogenated alkanes) is 33. The number of aliphatic hydroxyl groups is 2. The lowest BCUT2D eigenvalue weighted by Crippen LogP contribution is -2.46. The summed E-state index contributed by atoms with van der Waals surface area (Å²) in [4.78, 5) is 26.1. The van der Waals surface area contributed by atoms with Crippen LogP contribution in [0.15, 0.2) is 12.2 Å². The Labute approximate surface area is 361 Å². The number of rotatable bonds is 47. The van der Waals surface area contributed by atoms with E-state index in [4.69, 9.17) is 4.74 Å². The lowest BCUT2D eigenvalue weighted by molar-refractivity contribution is -0.151. The predicted octanol–water partition coefficient (Wildman–Crippen LogP) is 15.3. The molecule has 0 bridgehead atoms. The molecule has 3 N–H and O–H groups in total. The number of ether oxygens (including phenoxy) is 1. The van der Waals surface area contributed by atoms with Crippen LogP contribution in [0.4, 0.5) is 0 Å². The van der Waals surface area contributed by atoms with Crippen LogP contribution in [0, 0.1) is 0 Å². The number of aliphatic hydroxyl groups excluding tert-OH is 2. The molecule has 0 heterocycles. The van der Waals surface area contributed by atoms with Crippen molar-refractivity contribution in [1.29, 1.82) is 0 Å². The Bertz CT molecular complexity index is 878. The first-order chi connectivity index (χ1) is 28.5. The van der Waals surface area contributed by atoms with Gasteiger partial charge in [0.2, 0.25) is 5.91 Å². The first-order valence-corrected chi connectivity index (χ1v) is 25.9. The second-order valence-electron chi connectivity index (χ2n) is 17.9. The standard InChI is InChI=1S/C52H101NO5/c1-4-7-10-13-16-19-22-24-25-27-30-32-35-38-41-44-50(55)49(47-54)53-51(56)46-48(43-40-37-34-31-29-26-23-20-17-14-11-8-5-2)58-52(57)45-42-39-36-33-28-21-18-15-12-9-6-3/h20,23,48-50,54-55H,4-19,21-22,24-47H2,1-3H3,(H,53,56)/b23-20-. The second-order valence-corrected chi connectivity index (χ2v) is 17.9. The van der Waals surface area contributed by atoms with Crippen molar-refractivity contribution in [3.8, 4) is 0 Å². The zero-order valence-electron chi connectivity index (χ0n) is 39.2. The number of allylic oxidation sites excluding steroid dienone is 2. The van der Waals surface area contributed by atoms with Gasteiger partial charge in [0.25, 0.3) is 0 Å². The Hall–Kier alpha value is -1.40. The minimum Gasteiger partial charge on any atom is -0.462 e. The largest absolute Gasteiger partial charge is 0.462 e. The molecule has 6 nitrogen and oxygen atoms in total. The van der Waals surface area contributed by atoms with Crippen LogP contribution in [0.2, 0.25) is 0 Å². The molecular formula is C52H101NO5. The molecule has 0 saturated carbocycles. The van der Waals surface area contributed by atoms with Crippen molar-refractivity contribution < 1.29 is 24.5 Å². The van der Waals surface area contributed by atoms with E-state index in [1.807, 2.05) is 0 Å². The highest BCUT2D eigenvalue weighted by atomic mass is 16.5. The fraction of sp³-hybridized carbons (Fsp3) is 0.923. The van der Waals surface area contributed by atoms with E-state index in [2.05, 4.69) is 38.2 Å². The van der Waals surface area contributed by atoms with Crippen molar-refractivity contribution >= 4 is 11.9 Å². The molecule has 3 unspecified atom stereocenters. The molecule has 0 spiro atoms. The van der Waals surface area contributed by atoms with Crippen LogP contribution in [0.5, 0.6) is 0 Å². The highest BCUT2D eigenvalue weighted by Crippen LogP contribution is 2.18. The fourth-order valence-corrected chi connectivity index (χ4v) is 8.13. The van der Waals surface area contributed by atoms with Gasteiger partial charge in [0, 0.05) is 6.42 Å². The molecule has 1 amide bonds. The molecule has 0 aromatic heterocycles. The van der Waals surface area contributed by atoms with Gasteiger partial charge >= 0.3 is 5.97 Å². The molecule has 3 atom stereocenters. The normalized spacial score (nSPS) is 13.3. The summed E-state index contributed by atoms with van der Waals surface area (Å²) in [6, 6.07) is -0.697. The molecule has 0 rings (SSSR count). The van der Waals surface area contributed by atoms with Gasteiger partial charge in [-0.3, -0.25) is 9.59 Å². The molecule has 0 aromatic carbocycles. The van der Waals surface area contributed by atoms with Gasteiger partial charge in [0.05, 0.1) is 25.2 Å². The monoisotopic (exact) mass is 820 g/mol. The number of carbonyl (C=O) groups excluding carboxylic acids is 2. The highest BCUT2D eigenvalue weighted by molar-refractivity contribution is 5.77. The van der Waals surface area contributed by atoms with Crippen molar-refractivity contribution in [2.45, 2.75) is 302 Å². The third-order valence-electron chi connectivity index (χ3n) is 12.1. The maximum atomic E-state index is 13.2. The van der Waals surface area contributed by atoms with Crippen LogP contribution in [-0.2, 0) is 14.3 Å². The summed E-state index contributed by atoms with van der Waals surface area (Å²) in [6.07, 6.45) is 51.2. The molecule has 6 heteroatoms. The van der Waals surface area contributed by atoms with E-state index in [0.717, 1.165) is 57.8 Å². The molecular weight excluding hydrogens is 719 g/mol. The minimum atomic E-state index is -0.783. The molecule has 0 aromatic rings. The van der Waals surface area contributed by atoms with E-state index in [9.17, 15) is 19.8 Å². The molecule has 0 aliphatic heterocycles. The third kappa shape index (κ3) is 41.3. The number of carbonyl (C=O) groups is 2. The van der Waals surface area contributed by atoms with Crippen molar-refractivity contribution in [3.05, 3.63) is 12.2 Å². The number of amides is 1. The number of esters is 1. The second kappa shape index (κ2) is 46.7. The smallest absolute Gasteiger partial charge is 0.306 e. The average molecular weight is 820 g/mol. The molecule has 0 fully saturated rings. The van der Waals surface area contributed by atoms with Gasteiger partial charge in [0.15, 0.2) is 0 Å². The fourth-order valence-electron chi connectivity index (χ4n) is 8.13. The molecule has 0 aliphatic rings. The summed E-state index contributed by atoms with van der Waals surface area (Å²) < 4.78 is 5.92. The maximum absolute atomic E-state index is 13.2. The minimum absolute atomic E-state index is 0.0786. The summed E-state index contributed by atoms with van der Waals surface area (Å²) >= 11 is 0. The quantitative estimate of drug-likeness (QED) is 0.0323. The molecule has 0 saturated heterocycles. The van der Waals surface area contributed by atoms with Gasteiger partial charge in [-0.25, -0.2) is 0 Å². The zero-order valence-corrected chi connectivity index (χ0v) is 39.2. The summed E-state index contributed by atoms with van der Waals surface area (Å²) in [7, 11) is 0. The third-order valence-corrected chi connectivity index (χ3v) is 12.1.